The van der Waals surface area contributed by atoms with Crippen LogP contribution in [0.3, 0.4) is 0 Å². The topological polar surface area (TPSA) is 58.9 Å². The van der Waals surface area contributed by atoms with Gasteiger partial charge in [0.2, 0.25) is 0 Å². The lowest BCUT2D eigenvalue weighted by molar-refractivity contribution is 0.293. The first-order chi connectivity index (χ1) is 9.63. The van der Waals surface area contributed by atoms with Gasteiger partial charge >= 0.3 is 0 Å². The monoisotopic (exact) mass is 272 g/mol. The predicted molar refractivity (Wildman–Crippen MR) is 74.5 cm³/mol. The van der Waals surface area contributed by atoms with Gasteiger partial charge in [-0.1, -0.05) is 0 Å². The molecule has 0 amide bonds. The highest BCUT2D eigenvalue weighted by Gasteiger charge is 2.15. The molecule has 2 aromatic rings. The quantitative estimate of drug-likeness (QED) is 0.902. The Morgan fingerprint density at radius 1 is 1.20 bits per heavy atom. The maximum atomic E-state index is 9.73. The van der Waals surface area contributed by atoms with Crippen molar-refractivity contribution in [2.75, 3.05) is 6.61 Å². The average Bonchev–Trinajstić information content (AvgIpc) is 2.84. The fraction of sp³-hybridized carbons (Fsp3) is 0.250. The lowest BCUT2D eigenvalue weighted by Crippen LogP contribution is -1.98. The van der Waals surface area contributed by atoms with Gasteiger partial charge in [0.05, 0.1) is 6.61 Å². The van der Waals surface area contributed by atoms with Gasteiger partial charge in [-0.25, -0.2) is 0 Å². The molecule has 20 heavy (non-hydrogen) atoms. The van der Waals surface area contributed by atoms with Crippen molar-refractivity contribution in [2.24, 2.45) is 0 Å². The summed E-state index contributed by atoms with van der Waals surface area (Å²) in [6.45, 7) is 2.95. The third-order valence-electron chi connectivity index (χ3n) is 3.44. The number of phenols is 2. The molecule has 0 fully saturated rings. The van der Waals surface area contributed by atoms with Crippen LogP contribution in [0.4, 0.5) is 0 Å². The first kappa shape index (κ1) is 12.7. The molecular weight excluding hydrogens is 256 g/mol. The van der Waals surface area contributed by atoms with Crippen LogP contribution in [0.5, 0.6) is 23.0 Å². The van der Waals surface area contributed by atoms with Crippen LogP contribution < -0.4 is 9.47 Å². The van der Waals surface area contributed by atoms with Crippen molar-refractivity contribution in [3.05, 3.63) is 47.0 Å². The zero-order valence-corrected chi connectivity index (χ0v) is 11.2. The molecule has 0 aliphatic carbocycles. The summed E-state index contributed by atoms with van der Waals surface area (Å²) in [6, 6.07) is 8.45. The van der Waals surface area contributed by atoms with Crippen molar-refractivity contribution in [1.29, 1.82) is 0 Å². The number of fused-ring (bicyclic) bond motifs is 1. The molecule has 3 rings (SSSR count). The summed E-state index contributed by atoms with van der Waals surface area (Å²) in [5.74, 6) is 1.69. The molecule has 0 unspecified atom stereocenters. The Hall–Kier alpha value is -2.36. The van der Waals surface area contributed by atoms with Crippen molar-refractivity contribution >= 4 is 0 Å². The van der Waals surface area contributed by atoms with Gasteiger partial charge in [0.1, 0.15) is 29.6 Å². The summed E-state index contributed by atoms with van der Waals surface area (Å²) >= 11 is 0. The molecular formula is C16H16O4. The molecule has 2 aromatic carbocycles. The van der Waals surface area contributed by atoms with Crippen LogP contribution in [0.15, 0.2) is 30.3 Å². The molecule has 1 heterocycles. The van der Waals surface area contributed by atoms with Crippen molar-refractivity contribution in [3.8, 4) is 23.0 Å². The Morgan fingerprint density at radius 3 is 2.85 bits per heavy atom. The fourth-order valence-corrected chi connectivity index (χ4v) is 2.32. The molecule has 0 saturated carbocycles. The normalized spacial score (nSPS) is 12.8. The number of benzene rings is 2. The van der Waals surface area contributed by atoms with Gasteiger partial charge in [-0.15, -0.1) is 0 Å². The summed E-state index contributed by atoms with van der Waals surface area (Å²) in [5.41, 5.74) is 2.89. The second kappa shape index (κ2) is 4.96. The van der Waals surface area contributed by atoms with Crippen LogP contribution in [-0.2, 0) is 13.0 Å². The fourth-order valence-electron chi connectivity index (χ4n) is 2.32. The smallest absolute Gasteiger partial charge is 0.126 e. The van der Waals surface area contributed by atoms with Gasteiger partial charge in [0.25, 0.3) is 0 Å². The van der Waals surface area contributed by atoms with E-state index in [9.17, 15) is 10.2 Å². The largest absolute Gasteiger partial charge is 0.508 e. The van der Waals surface area contributed by atoms with Gasteiger partial charge in [-0.2, -0.15) is 0 Å². The molecule has 0 bridgehead atoms. The van der Waals surface area contributed by atoms with Gasteiger partial charge in [-0.05, 0) is 36.2 Å². The van der Waals surface area contributed by atoms with Gasteiger partial charge in [0, 0.05) is 24.1 Å². The van der Waals surface area contributed by atoms with E-state index in [1.54, 1.807) is 6.07 Å². The van der Waals surface area contributed by atoms with E-state index in [1.807, 2.05) is 13.0 Å². The third-order valence-corrected chi connectivity index (χ3v) is 3.44. The average molecular weight is 272 g/mol. The number of phenolic OH excluding ortho intramolecular Hbond substituents is 2. The summed E-state index contributed by atoms with van der Waals surface area (Å²) in [4.78, 5) is 0. The van der Waals surface area contributed by atoms with Crippen LogP contribution in [0.25, 0.3) is 0 Å². The van der Waals surface area contributed by atoms with E-state index in [-0.39, 0.29) is 18.1 Å². The molecule has 4 nitrogen and oxygen atoms in total. The van der Waals surface area contributed by atoms with E-state index in [2.05, 4.69) is 6.07 Å². The maximum absolute atomic E-state index is 9.73. The van der Waals surface area contributed by atoms with E-state index >= 15 is 0 Å². The molecule has 104 valence electrons. The van der Waals surface area contributed by atoms with Crippen molar-refractivity contribution in [1.82, 2.24) is 0 Å². The molecule has 0 saturated heterocycles. The van der Waals surface area contributed by atoms with Gasteiger partial charge in [0.15, 0.2) is 0 Å². The number of aryl methyl sites for hydroxylation is 1. The SMILES string of the molecule is Cc1cc2c(cc1OCc1ccc(O)cc1O)OCC2. The van der Waals surface area contributed by atoms with Crippen molar-refractivity contribution < 1.29 is 19.7 Å². The number of hydrogen-bond acceptors (Lipinski definition) is 4. The molecule has 0 aromatic heterocycles. The highest BCUT2D eigenvalue weighted by Crippen LogP contribution is 2.33. The van der Waals surface area contributed by atoms with E-state index in [0.29, 0.717) is 5.56 Å². The Balaban J connectivity index is 1.78. The van der Waals surface area contributed by atoms with E-state index in [0.717, 1.165) is 30.1 Å². The van der Waals surface area contributed by atoms with Crippen molar-refractivity contribution in [3.63, 3.8) is 0 Å². The number of aromatic hydroxyl groups is 2. The van der Waals surface area contributed by atoms with Crippen LogP contribution >= 0.6 is 0 Å². The summed E-state index contributed by atoms with van der Waals surface area (Å²) in [6.07, 6.45) is 0.940. The van der Waals surface area contributed by atoms with Crippen LogP contribution in [0.2, 0.25) is 0 Å². The number of ether oxygens (including phenoxy) is 2. The minimum absolute atomic E-state index is 0.0278. The van der Waals surface area contributed by atoms with E-state index < -0.39 is 0 Å². The summed E-state index contributed by atoms with van der Waals surface area (Å²) in [7, 11) is 0. The Kier molecular flexibility index (Phi) is 3.14. The molecule has 4 heteroatoms. The zero-order valence-electron chi connectivity index (χ0n) is 11.2. The van der Waals surface area contributed by atoms with Crippen LogP contribution in [0, 0.1) is 6.92 Å². The van der Waals surface area contributed by atoms with Gasteiger partial charge < -0.3 is 19.7 Å². The minimum Gasteiger partial charge on any atom is -0.508 e. The lowest BCUT2D eigenvalue weighted by Gasteiger charge is -2.12. The highest BCUT2D eigenvalue weighted by molar-refractivity contribution is 5.48. The third kappa shape index (κ3) is 2.37. The minimum atomic E-state index is 0.0278. The first-order valence-corrected chi connectivity index (χ1v) is 6.53. The summed E-state index contributed by atoms with van der Waals surface area (Å²) in [5, 5.41) is 19.0. The maximum Gasteiger partial charge on any atom is 0.126 e. The number of rotatable bonds is 3. The molecule has 0 radical (unpaired) electrons. The molecule has 0 spiro atoms. The Bertz CT molecular complexity index is 649. The first-order valence-electron chi connectivity index (χ1n) is 6.53. The highest BCUT2D eigenvalue weighted by atomic mass is 16.5. The van der Waals surface area contributed by atoms with E-state index in [4.69, 9.17) is 9.47 Å². The Morgan fingerprint density at radius 2 is 2.05 bits per heavy atom. The molecule has 2 N–H and O–H groups in total. The molecule has 1 aliphatic heterocycles. The molecule has 1 aliphatic rings. The lowest BCUT2D eigenvalue weighted by atomic mass is 10.1. The number of hydrogen-bond donors (Lipinski definition) is 2. The predicted octanol–water partition coefficient (Wildman–Crippen LogP) is 2.92. The standard InChI is InChI=1S/C16H16O4/c1-10-6-11-4-5-19-16(11)8-15(10)20-9-12-2-3-13(17)7-14(12)18/h2-3,6-8,17-18H,4-5,9H2,1H3. The summed E-state index contributed by atoms with van der Waals surface area (Å²) < 4.78 is 11.3. The van der Waals surface area contributed by atoms with Crippen LogP contribution in [0.1, 0.15) is 16.7 Å². The van der Waals surface area contributed by atoms with E-state index in [1.165, 1.54) is 17.7 Å². The van der Waals surface area contributed by atoms with Crippen LogP contribution in [-0.4, -0.2) is 16.8 Å². The second-order valence-electron chi connectivity index (χ2n) is 4.93. The van der Waals surface area contributed by atoms with Gasteiger partial charge in [-0.3, -0.25) is 0 Å². The molecule has 0 atom stereocenters. The second-order valence-corrected chi connectivity index (χ2v) is 4.93. The van der Waals surface area contributed by atoms with Crippen molar-refractivity contribution in [2.45, 2.75) is 20.0 Å². The zero-order chi connectivity index (χ0) is 14.1. The Labute approximate surface area is 117 Å².